The molecule has 6 heteroatoms. The number of aryl methyl sites for hydroxylation is 2. The third-order valence-corrected chi connectivity index (χ3v) is 2.24. The van der Waals surface area contributed by atoms with Crippen LogP contribution in [0.2, 0.25) is 0 Å². The van der Waals surface area contributed by atoms with E-state index >= 15 is 0 Å². The molecule has 0 aliphatic rings. The van der Waals surface area contributed by atoms with Crippen molar-refractivity contribution < 1.29 is 19.6 Å². The molecule has 0 aromatic heterocycles. The van der Waals surface area contributed by atoms with Crippen molar-refractivity contribution >= 4 is 11.7 Å². The minimum Gasteiger partial charge on any atom is -0.490 e. The lowest BCUT2D eigenvalue weighted by Gasteiger charge is -2.10. The van der Waals surface area contributed by atoms with Crippen LogP contribution in [-0.4, -0.2) is 23.1 Å². The lowest BCUT2D eigenvalue weighted by atomic mass is 10.0. The molecule has 0 unspecified atom stereocenters. The maximum atomic E-state index is 11.0. The van der Waals surface area contributed by atoms with Gasteiger partial charge < -0.3 is 9.84 Å². The predicted octanol–water partition coefficient (Wildman–Crippen LogP) is 1.92. The normalized spacial score (nSPS) is 9.94. The molecule has 6 nitrogen and oxygen atoms in total. The molecular formula is C10H11NO5. The highest BCUT2D eigenvalue weighted by molar-refractivity contribution is 5.94. The third kappa shape index (κ3) is 1.81. The number of benzene rings is 1. The molecule has 1 aromatic carbocycles. The molecule has 0 heterocycles. The summed E-state index contributed by atoms with van der Waals surface area (Å²) in [6.45, 7) is 3.11. The van der Waals surface area contributed by atoms with Crippen LogP contribution >= 0.6 is 0 Å². The SMILES string of the molecule is COc1c(C(=O)O)c(C)cc(C)c1[N+](=O)[O-]. The van der Waals surface area contributed by atoms with Gasteiger partial charge in [0, 0.05) is 5.56 Å². The van der Waals surface area contributed by atoms with Crippen LogP contribution in [0.4, 0.5) is 5.69 Å². The van der Waals surface area contributed by atoms with Crippen LogP contribution < -0.4 is 4.74 Å². The van der Waals surface area contributed by atoms with Crippen molar-refractivity contribution in [3.05, 3.63) is 32.9 Å². The second-order valence-corrected chi connectivity index (χ2v) is 3.33. The zero-order valence-corrected chi connectivity index (χ0v) is 9.10. The van der Waals surface area contributed by atoms with Crippen LogP contribution in [-0.2, 0) is 0 Å². The molecule has 86 valence electrons. The maximum absolute atomic E-state index is 11.0. The van der Waals surface area contributed by atoms with Crippen molar-refractivity contribution in [2.24, 2.45) is 0 Å². The first-order valence-corrected chi connectivity index (χ1v) is 4.46. The van der Waals surface area contributed by atoms with Gasteiger partial charge in [-0.15, -0.1) is 0 Å². The van der Waals surface area contributed by atoms with E-state index in [4.69, 9.17) is 9.84 Å². The number of ether oxygens (including phenoxy) is 1. The monoisotopic (exact) mass is 225 g/mol. The third-order valence-electron chi connectivity index (χ3n) is 2.24. The molecule has 0 radical (unpaired) electrons. The average molecular weight is 225 g/mol. The summed E-state index contributed by atoms with van der Waals surface area (Å²) in [5.41, 5.74) is 0.349. The number of hydrogen-bond donors (Lipinski definition) is 1. The summed E-state index contributed by atoms with van der Waals surface area (Å²) in [6.07, 6.45) is 0. The van der Waals surface area contributed by atoms with Gasteiger partial charge in [-0.25, -0.2) is 4.79 Å². The Morgan fingerprint density at radius 3 is 2.38 bits per heavy atom. The lowest BCUT2D eigenvalue weighted by Crippen LogP contribution is -2.07. The Hall–Kier alpha value is -2.11. The number of nitro groups is 1. The lowest BCUT2D eigenvalue weighted by molar-refractivity contribution is -0.386. The van der Waals surface area contributed by atoms with Gasteiger partial charge in [-0.05, 0) is 25.5 Å². The van der Waals surface area contributed by atoms with Crippen LogP contribution in [0.15, 0.2) is 6.07 Å². The number of hydrogen-bond acceptors (Lipinski definition) is 4. The van der Waals surface area contributed by atoms with Crippen molar-refractivity contribution in [2.75, 3.05) is 7.11 Å². The quantitative estimate of drug-likeness (QED) is 0.626. The second-order valence-electron chi connectivity index (χ2n) is 3.33. The zero-order chi connectivity index (χ0) is 12.5. The maximum Gasteiger partial charge on any atom is 0.340 e. The number of rotatable bonds is 3. The van der Waals surface area contributed by atoms with E-state index in [2.05, 4.69) is 0 Å². The second kappa shape index (κ2) is 4.18. The summed E-state index contributed by atoms with van der Waals surface area (Å²) >= 11 is 0. The highest BCUT2D eigenvalue weighted by atomic mass is 16.6. The van der Waals surface area contributed by atoms with E-state index in [9.17, 15) is 14.9 Å². The summed E-state index contributed by atoms with van der Waals surface area (Å²) in [6, 6.07) is 1.46. The summed E-state index contributed by atoms with van der Waals surface area (Å²) in [5.74, 6) is -1.44. The number of nitro benzene ring substituents is 1. The Kier molecular flexibility index (Phi) is 3.12. The van der Waals surface area contributed by atoms with Crippen LogP contribution in [0, 0.1) is 24.0 Å². The Morgan fingerprint density at radius 1 is 1.44 bits per heavy atom. The van der Waals surface area contributed by atoms with Gasteiger partial charge in [-0.2, -0.15) is 0 Å². The average Bonchev–Trinajstić information content (AvgIpc) is 2.14. The smallest absolute Gasteiger partial charge is 0.340 e. The van der Waals surface area contributed by atoms with Gasteiger partial charge in [-0.3, -0.25) is 10.1 Å². The molecule has 0 bridgehead atoms. The first kappa shape index (κ1) is 12.0. The fourth-order valence-electron chi connectivity index (χ4n) is 1.63. The van der Waals surface area contributed by atoms with Crippen LogP contribution in [0.1, 0.15) is 21.5 Å². The largest absolute Gasteiger partial charge is 0.490 e. The molecular weight excluding hydrogens is 214 g/mol. The number of carbonyl (C=O) groups is 1. The molecule has 0 amide bonds. The van der Waals surface area contributed by atoms with E-state index in [1.807, 2.05) is 0 Å². The predicted molar refractivity (Wildman–Crippen MR) is 56.1 cm³/mol. The Balaban J connectivity index is 3.69. The number of carboxylic acid groups (broad SMARTS) is 1. The number of aromatic carboxylic acids is 1. The molecule has 0 aliphatic carbocycles. The van der Waals surface area contributed by atoms with Gasteiger partial charge in [0.2, 0.25) is 5.75 Å². The van der Waals surface area contributed by atoms with Crippen LogP contribution in [0.3, 0.4) is 0 Å². The summed E-state index contributed by atoms with van der Waals surface area (Å²) < 4.78 is 4.84. The van der Waals surface area contributed by atoms with E-state index in [0.717, 1.165) is 0 Å². The summed E-state index contributed by atoms with van der Waals surface area (Å²) in [5, 5.41) is 19.8. The first-order valence-electron chi connectivity index (χ1n) is 4.46. The van der Waals surface area contributed by atoms with E-state index in [-0.39, 0.29) is 17.0 Å². The van der Waals surface area contributed by atoms with Crippen LogP contribution in [0.5, 0.6) is 5.75 Å². The van der Waals surface area contributed by atoms with Crippen molar-refractivity contribution in [2.45, 2.75) is 13.8 Å². The Bertz CT molecular complexity index is 429. The van der Waals surface area contributed by atoms with Crippen LogP contribution in [0.25, 0.3) is 0 Å². The van der Waals surface area contributed by atoms with E-state index in [0.29, 0.717) is 11.1 Å². The number of nitrogens with zero attached hydrogens (tertiary/aromatic N) is 1. The molecule has 0 aliphatic heterocycles. The van der Waals surface area contributed by atoms with Crippen molar-refractivity contribution in [1.82, 2.24) is 0 Å². The van der Waals surface area contributed by atoms with Gasteiger partial charge in [0.25, 0.3) is 0 Å². The van der Waals surface area contributed by atoms with Crippen molar-refractivity contribution in [3.8, 4) is 5.75 Å². The molecule has 0 fully saturated rings. The summed E-state index contributed by atoms with van der Waals surface area (Å²) in [4.78, 5) is 21.2. The molecule has 1 rings (SSSR count). The molecule has 1 N–H and O–H groups in total. The zero-order valence-electron chi connectivity index (χ0n) is 9.10. The highest BCUT2D eigenvalue weighted by Crippen LogP contribution is 2.36. The minimum absolute atomic E-state index is 0.167. The Labute approximate surface area is 91.6 Å². The Morgan fingerprint density at radius 2 is 2.00 bits per heavy atom. The topological polar surface area (TPSA) is 89.7 Å². The van der Waals surface area contributed by atoms with Crippen molar-refractivity contribution in [3.63, 3.8) is 0 Å². The standard InChI is InChI=1S/C10H11NO5/c1-5-4-6(2)8(11(14)15)9(16-3)7(5)10(12)13/h4H,1-3H3,(H,12,13). The van der Waals surface area contributed by atoms with E-state index < -0.39 is 10.9 Å². The summed E-state index contributed by atoms with van der Waals surface area (Å²) in [7, 11) is 1.22. The minimum atomic E-state index is -1.24. The molecule has 0 atom stereocenters. The number of carboxylic acids is 1. The first-order chi connectivity index (χ1) is 7.40. The van der Waals surface area contributed by atoms with Gasteiger partial charge in [0.05, 0.1) is 12.0 Å². The van der Waals surface area contributed by atoms with Gasteiger partial charge in [0.15, 0.2) is 0 Å². The molecule has 0 saturated carbocycles. The fraction of sp³-hybridized carbons (Fsp3) is 0.300. The van der Waals surface area contributed by atoms with E-state index in [1.165, 1.54) is 13.2 Å². The van der Waals surface area contributed by atoms with E-state index in [1.54, 1.807) is 13.8 Å². The molecule has 0 saturated heterocycles. The number of methoxy groups -OCH3 is 1. The molecule has 0 spiro atoms. The van der Waals surface area contributed by atoms with Crippen molar-refractivity contribution in [1.29, 1.82) is 0 Å². The van der Waals surface area contributed by atoms with Gasteiger partial charge >= 0.3 is 11.7 Å². The van der Waals surface area contributed by atoms with Gasteiger partial charge in [-0.1, -0.05) is 0 Å². The highest BCUT2D eigenvalue weighted by Gasteiger charge is 2.27. The molecule has 16 heavy (non-hydrogen) atoms. The fourth-order valence-corrected chi connectivity index (χ4v) is 1.63. The molecule has 1 aromatic rings. The van der Waals surface area contributed by atoms with Gasteiger partial charge in [0.1, 0.15) is 5.56 Å².